The highest BCUT2D eigenvalue weighted by molar-refractivity contribution is 7.71. The van der Waals surface area contributed by atoms with Crippen LogP contribution in [0.1, 0.15) is 5.56 Å². The van der Waals surface area contributed by atoms with Crippen LogP contribution >= 0.6 is 12.2 Å². The van der Waals surface area contributed by atoms with Crippen LogP contribution in [0, 0.1) is 4.77 Å². The van der Waals surface area contributed by atoms with Crippen LogP contribution in [-0.4, -0.2) is 35.3 Å². The van der Waals surface area contributed by atoms with Crippen molar-refractivity contribution in [3.63, 3.8) is 0 Å². The Balaban J connectivity index is 1.89. The van der Waals surface area contributed by atoms with E-state index in [-0.39, 0.29) is 0 Å². The van der Waals surface area contributed by atoms with Crippen molar-refractivity contribution in [1.29, 1.82) is 0 Å². The fraction of sp³-hybridized carbons (Fsp3) is 0.105. The highest BCUT2D eigenvalue weighted by Crippen LogP contribution is 2.31. The average molecular weight is 366 g/mol. The number of rotatable bonds is 6. The first-order valence-corrected chi connectivity index (χ1v) is 8.29. The van der Waals surface area contributed by atoms with Crippen molar-refractivity contribution in [2.45, 2.75) is 0 Å². The fourth-order valence-electron chi connectivity index (χ4n) is 2.38. The summed E-state index contributed by atoms with van der Waals surface area (Å²) in [5, 5.41) is 11.4. The van der Waals surface area contributed by atoms with Crippen LogP contribution in [0.2, 0.25) is 0 Å². The fourth-order valence-corrected chi connectivity index (χ4v) is 2.56. The van der Waals surface area contributed by atoms with Gasteiger partial charge in [0.1, 0.15) is 0 Å². The van der Waals surface area contributed by atoms with E-state index < -0.39 is 0 Å². The number of ether oxygens (including phenoxy) is 2. The molecule has 0 unspecified atom stereocenters. The van der Waals surface area contributed by atoms with Gasteiger partial charge in [0, 0.05) is 11.8 Å². The molecule has 0 aliphatic heterocycles. The molecule has 0 bridgehead atoms. The molecular weight excluding hydrogens is 348 g/mol. The van der Waals surface area contributed by atoms with Crippen LogP contribution in [0.25, 0.3) is 17.5 Å². The molecule has 1 aromatic heterocycles. The number of aromatic nitrogens is 3. The van der Waals surface area contributed by atoms with Gasteiger partial charge in [0.15, 0.2) is 17.3 Å². The molecule has 0 radical (unpaired) electrons. The molecular formula is C19H18N4O2S. The third kappa shape index (κ3) is 3.89. The Kier molecular flexibility index (Phi) is 5.60. The molecule has 132 valence electrons. The molecule has 1 N–H and O–H groups in total. The van der Waals surface area contributed by atoms with Crippen molar-refractivity contribution in [1.82, 2.24) is 14.9 Å². The molecule has 0 saturated carbocycles. The molecule has 0 spiro atoms. The Morgan fingerprint density at radius 1 is 1.08 bits per heavy atom. The van der Waals surface area contributed by atoms with Crippen molar-refractivity contribution in [3.8, 4) is 22.9 Å². The van der Waals surface area contributed by atoms with E-state index in [1.165, 1.54) is 0 Å². The molecule has 0 fully saturated rings. The third-order valence-electron chi connectivity index (χ3n) is 3.65. The molecule has 2 aromatic carbocycles. The molecule has 1 heterocycles. The SMILES string of the molecule is COc1ccc(-c2n[nH]c(=S)n2N=C/C=C\c2ccccc2)cc1OC. The lowest BCUT2D eigenvalue weighted by Gasteiger charge is -2.08. The van der Waals surface area contributed by atoms with Crippen LogP contribution in [-0.2, 0) is 0 Å². The summed E-state index contributed by atoms with van der Waals surface area (Å²) < 4.78 is 12.6. The zero-order valence-corrected chi connectivity index (χ0v) is 15.2. The second-order valence-corrected chi connectivity index (χ2v) is 5.65. The summed E-state index contributed by atoms with van der Waals surface area (Å²) in [6.45, 7) is 0. The van der Waals surface area contributed by atoms with Gasteiger partial charge < -0.3 is 9.47 Å². The molecule has 3 aromatic rings. The van der Waals surface area contributed by atoms with Crippen molar-refractivity contribution in [2.24, 2.45) is 5.10 Å². The van der Waals surface area contributed by atoms with E-state index in [0.29, 0.717) is 22.1 Å². The second-order valence-electron chi connectivity index (χ2n) is 5.27. The molecule has 0 atom stereocenters. The summed E-state index contributed by atoms with van der Waals surface area (Å²) in [5.74, 6) is 1.84. The van der Waals surface area contributed by atoms with Crippen molar-refractivity contribution < 1.29 is 9.47 Å². The number of H-pyrrole nitrogens is 1. The van der Waals surface area contributed by atoms with E-state index in [1.54, 1.807) is 25.1 Å². The Morgan fingerprint density at radius 3 is 2.58 bits per heavy atom. The molecule has 0 aliphatic rings. The van der Waals surface area contributed by atoms with Crippen molar-refractivity contribution in [3.05, 3.63) is 64.9 Å². The zero-order valence-electron chi connectivity index (χ0n) is 14.4. The maximum absolute atomic E-state index is 5.34. The first-order valence-electron chi connectivity index (χ1n) is 7.89. The molecule has 7 heteroatoms. The van der Waals surface area contributed by atoms with Crippen molar-refractivity contribution in [2.75, 3.05) is 14.2 Å². The van der Waals surface area contributed by atoms with E-state index in [4.69, 9.17) is 21.7 Å². The number of nitrogens with zero attached hydrogens (tertiary/aromatic N) is 3. The number of hydrogen-bond acceptors (Lipinski definition) is 5. The van der Waals surface area contributed by atoms with Gasteiger partial charge in [0.05, 0.1) is 14.2 Å². The second kappa shape index (κ2) is 8.26. The van der Waals surface area contributed by atoms with Crippen LogP contribution < -0.4 is 9.47 Å². The maximum Gasteiger partial charge on any atom is 0.216 e. The van der Waals surface area contributed by atoms with E-state index in [2.05, 4.69) is 15.3 Å². The van der Waals surface area contributed by atoms with Gasteiger partial charge in [0.25, 0.3) is 0 Å². The quantitative estimate of drug-likeness (QED) is 0.525. The van der Waals surface area contributed by atoms with Crippen LogP contribution in [0.15, 0.2) is 59.7 Å². The molecule has 0 amide bonds. The zero-order chi connectivity index (χ0) is 18.4. The monoisotopic (exact) mass is 366 g/mol. The predicted octanol–water partition coefficient (Wildman–Crippen LogP) is 4.17. The summed E-state index contributed by atoms with van der Waals surface area (Å²) >= 11 is 5.28. The lowest BCUT2D eigenvalue weighted by molar-refractivity contribution is 0.355. The van der Waals surface area contributed by atoms with E-state index in [0.717, 1.165) is 11.1 Å². The lowest BCUT2D eigenvalue weighted by atomic mass is 10.2. The van der Waals surface area contributed by atoms with Gasteiger partial charge in [0.2, 0.25) is 4.77 Å². The Bertz CT molecular complexity index is 990. The number of aromatic amines is 1. The van der Waals surface area contributed by atoms with Crippen molar-refractivity contribution >= 4 is 24.5 Å². The van der Waals surface area contributed by atoms with Gasteiger partial charge in [-0.2, -0.15) is 14.9 Å². The minimum atomic E-state index is 0.402. The van der Waals surface area contributed by atoms with Gasteiger partial charge in [-0.25, -0.2) is 5.10 Å². The number of methoxy groups -OCH3 is 2. The normalized spacial score (nSPS) is 11.3. The van der Waals surface area contributed by atoms with E-state index >= 15 is 0 Å². The smallest absolute Gasteiger partial charge is 0.216 e. The summed E-state index contributed by atoms with van der Waals surface area (Å²) in [6.07, 6.45) is 5.48. The third-order valence-corrected chi connectivity index (χ3v) is 3.91. The molecule has 0 aliphatic carbocycles. The Hall–Kier alpha value is -3.19. The van der Waals surface area contributed by atoms with Gasteiger partial charge >= 0.3 is 0 Å². The minimum absolute atomic E-state index is 0.402. The number of benzene rings is 2. The number of allylic oxidation sites excluding steroid dienone is 1. The van der Waals surface area contributed by atoms with E-state index in [1.807, 2.05) is 60.7 Å². The van der Waals surface area contributed by atoms with Gasteiger partial charge in [-0.1, -0.05) is 36.4 Å². The van der Waals surface area contributed by atoms with Crippen LogP contribution in [0.5, 0.6) is 11.5 Å². The van der Waals surface area contributed by atoms with Gasteiger partial charge in [-0.05, 0) is 42.1 Å². The van der Waals surface area contributed by atoms with Gasteiger partial charge in [-0.3, -0.25) is 0 Å². The molecule has 3 rings (SSSR count). The Morgan fingerprint density at radius 2 is 1.85 bits per heavy atom. The van der Waals surface area contributed by atoms with E-state index in [9.17, 15) is 0 Å². The van der Waals surface area contributed by atoms with Crippen LogP contribution in [0.4, 0.5) is 0 Å². The topological polar surface area (TPSA) is 64.4 Å². The molecule has 0 saturated heterocycles. The van der Waals surface area contributed by atoms with Crippen LogP contribution in [0.3, 0.4) is 0 Å². The lowest BCUT2D eigenvalue weighted by Crippen LogP contribution is -1.96. The summed E-state index contributed by atoms with van der Waals surface area (Å²) in [6, 6.07) is 15.5. The minimum Gasteiger partial charge on any atom is -0.493 e. The summed E-state index contributed by atoms with van der Waals surface area (Å²) in [4.78, 5) is 0. The predicted molar refractivity (Wildman–Crippen MR) is 105 cm³/mol. The first kappa shape index (κ1) is 17.6. The highest BCUT2D eigenvalue weighted by atomic mass is 32.1. The summed E-state index contributed by atoms with van der Waals surface area (Å²) in [5.41, 5.74) is 1.90. The number of nitrogens with one attached hydrogen (secondary N) is 1. The first-order chi connectivity index (χ1) is 12.7. The van der Waals surface area contributed by atoms with Gasteiger partial charge in [-0.15, -0.1) is 0 Å². The average Bonchev–Trinajstić information content (AvgIpc) is 3.06. The highest BCUT2D eigenvalue weighted by Gasteiger charge is 2.11. The molecule has 6 nitrogen and oxygen atoms in total. The molecule has 26 heavy (non-hydrogen) atoms. The standard InChI is InChI=1S/C19H18N4O2S/c1-24-16-11-10-15(13-17(16)25-2)18-21-22-19(26)23(18)20-12-6-9-14-7-4-3-5-8-14/h3-13H,1-2H3,(H,22,26)/b9-6-,20-12?. The largest absolute Gasteiger partial charge is 0.493 e. The maximum atomic E-state index is 5.34. The number of hydrogen-bond donors (Lipinski definition) is 1. The summed E-state index contributed by atoms with van der Waals surface area (Å²) in [7, 11) is 3.18. The Labute approximate surface area is 156 Å².